The Kier molecular flexibility index (Phi) is 7.29. The lowest BCUT2D eigenvalue weighted by molar-refractivity contribution is -0.115. The Hall–Kier alpha value is -4.06. The number of nitrogens with one attached hydrogen (secondary N) is 1. The number of amides is 1. The molecule has 0 bridgehead atoms. The zero-order valence-electron chi connectivity index (χ0n) is 17.7. The van der Waals surface area contributed by atoms with Crippen LogP contribution in [0.5, 0.6) is 0 Å². The smallest absolute Gasteiger partial charge is 0.267 e. The van der Waals surface area contributed by atoms with Gasteiger partial charge in [0.25, 0.3) is 15.9 Å². The molecule has 3 rings (SSSR count). The number of carbonyl (C=O) groups is 1. The third-order valence-corrected chi connectivity index (χ3v) is 5.83. The van der Waals surface area contributed by atoms with Crippen molar-refractivity contribution in [3.8, 4) is 23.7 Å². The summed E-state index contributed by atoms with van der Waals surface area (Å²) in [5.74, 6) is 10.6. The summed E-state index contributed by atoms with van der Waals surface area (Å²) in [5.41, 5.74) is 3.37. The third kappa shape index (κ3) is 6.22. The summed E-state index contributed by atoms with van der Waals surface area (Å²) in [7, 11) is -4.04. The fourth-order valence-electron chi connectivity index (χ4n) is 2.67. The van der Waals surface area contributed by atoms with E-state index in [-0.39, 0.29) is 10.5 Å². The fraction of sp³-hybridized carbons (Fsp3) is 0.0741. The van der Waals surface area contributed by atoms with E-state index < -0.39 is 15.9 Å². The number of aryl methyl sites for hydroxylation is 2. The molecule has 0 spiro atoms. The Balaban J connectivity index is 1.93. The van der Waals surface area contributed by atoms with Crippen LogP contribution in [0.4, 0.5) is 0 Å². The molecule has 0 saturated carbocycles. The first-order chi connectivity index (χ1) is 15.3. The lowest BCUT2D eigenvalue weighted by Crippen LogP contribution is -2.31. The van der Waals surface area contributed by atoms with Gasteiger partial charge in [-0.15, -0.1) is 0 Å². The second-order valence-electron chi connectivity index (χ2n) is 7.01. The highest BCUT2D eigenvalue weighted by Crippen LogP contribution is 2.11. The maximum absolute atomic E-state index is 12.8. The highest BCUT2D eigenvalue weighted by atomic mass is 32.2. The van der Waals surface area contributed by atoms with Crippen molar-refractivity contribution in [2.45, 2.75) is 18.7 Å². The van der Waals surface area contributed by atoms with Gasteiger partial charge in [0.15, 0.2) is 0 Å². The van der Waals surface area contributed by atoms with Crippen LogP contribution in [0.2, 0.25) is 0 Å². The summed E-state index contributed by atoms with van der Waals surface area (Å²) in [6, 6.07) is 22.9. The highest BCUT2D eigenvalue weighted by molar-refractivity contribution is 7.90. The highest BCUT2D eigenvalue weighted by Gasteiger charge is 2.19. The van der Waals surface area contributed by atoms with E-state index in [1.807, 2.05) is 56.3 Å². The molecule has 0 heterocycles. The van der Waals surface area contributed by atoms with E-state index in [0.29, 0.717) is 5.56 Å². The van der Waals surface area contributed by atoms with Crippen LogP contribution < -0.4 is 4.72 Å². The van der Waals surface area contributed by atoms with Gasteiger partial charge in [-0.05, 0) is 49.7 Å². The number of carbonyl (C=O) groups excluding carboxylic acids is 1. The molecule has 3 aromatic rings. The molecule has 0 aliphatic rings. The van der Waals surface area contributed by atoms with Crippen molar-refractivity contribution in [2.75, 3.05) is 0 Å². The van der Waals surface area contributed by atoms with Crippen LogP contribution in [0.3, 0.4) is 0 Å². The second-order valence-corrected chi connectivity index (χ2v) is 8.69. The predicted octanol–water partition coefficient (Wildman–Crippen LogP) is 4.14. The van der Waals surface area contributed by atoms with E-state index in [4.69, 9.17) is 0 Å². The minimum absolute atomic E-state index is 0.00202. The van der Waals surface area contributed by atoms with Crippen molar-refractivity contribution >= 4 is 15.9 Å². The van der Waals surface area contributed by atoms with Crippen LogP contribution in [0.25, 0.3) is 0 Å². The van der Waals surface area contributed by atoms with E-state index in [0.717, 1.165) is 16.7 Å². The topological polar surface area (TPSA) is 63.2 Å². The van der Waals surface area contributed by atoms with Gasteiger partial charge >= 0.3 is 0 Å². The number of rotatable bonds is 3. The van der Waals surface area contributed by atoms with Crippen molar-refractivity contribution in [3.63, 3.8) is 0 Å². The maximum atomic E-state index is 12.8. The monoisotopic (exact) mass is 439 g/mol. The average Bonchev–Trinajstić information content (AvgIpc) is 2.78. The third-order valence-electron chi connectivity index (χ3n) is 4.49. The Morgan fingerprint density at radius 3 is 2.19 bits per heavy atom. The van der Waals surface area contributed by atoms with Gasteiger partial charge in [-0.25, -0.2) is 13.1 Å². The van der Waals surface area contributed by atoms with Gasteiger partial charge < -0.3 is 0 Å². The van der Waals surface area contributed by atoms with Gasteiger partial charge in [0, 0.05) is 17.2 Å². The SMILES string of the molecule is Cc1ccc(S(=O)(=O)NC(=O)/C(C#Cc2ccccc2)=C/C#Cc2ccccc2C)cc1. The average molecular weight is 440 g/mol. The molecule has 158 valence electrons. The number of allylic oxidation sites excluding steroid dienone is 1. The van der Waals surface area contributed by atoms with Crippen molar-refractivity contribution in [3.05, 3.63) is 113 Å². The Morgan fingerprint density at radius 2 is 1.50 bits per heavy atom. The molecular weight excluding hydrogens is 418 g/mol. The predicted molar refractivity (Wildman–Crippen MR) is 126 cm³/mol. The molecule has 0 aliphatic heterocycles. The number of sulfonamides is 1. The summed E-state index contributed by atoms with van der Waals surface area (Å²) in [4.78, 5) is 12.8. The minimum Gasteiger partial charge on any atom is -0.267 e. The molecule has 0 radical (unpaired) electrons. The van der Waals surface area contributed by atoms with Crippen molar-refractivity contribution in [1.82, 2.24) is 4.72 Å². The van der Waals surface area contributed by atoms with Crippen LogP contribution in [0, 0.1) is 37.5 Å². The van der Waals surface area contributed by atoms with E-state index in [9.17, 15) is 13.2 Å². The van der Waals surface area contributed by atoms with Crippen LogP contribution >= 0.6 is 0 Å². The van der Waals surface area contributed by atoms with Crippen LogP contribution in [-0.2, 0) is 14.8 Å². The van der Waals surface area contributed by atoms with E-state index in [2.05, 4.69) is 28.4 Å². The van der Waals surface area contributed by atoms with Crippen LogP contribution in [0.15, 0.2) is 95.4 Å². The molecule has 3 aromatic carbocycles. The number of benzene rings is 3. The molecule has 0 aromatic heterocycles. The van der Waals surface area contributed by atoms with Crippen molar-refractivity contribution in [1.29, 1.82) is 0 Å². The molecular formula is C27H21NO3S. The molecule has 1 N–H and O–H groups in total. The van der Waals surface area contributed by atoms with Crippen molar-refractivity contribution in [2.24, 2.45) is 0 Å². The lowest BCUT2D eigenvalue weighted by Gasteiger charge is -2.06. The van der Waals surface area contributed by atoms with Gasteiger partial charge in [-0.3, -0.25) is 4.79 Å². The first-order valence-electron chi connectivity index (χ1n) is 9.83. The van der Waals surface area contributed by atoms with Gasteiger partial charge in [0.05, 0.1) is 10.5 Å². The summed E-state index contributed by atoms with van der Waals surface area (Å²) in [6.07, 6.45) is 1.34. The molecule has 0 saturated heterocycles. The summed E-state index contributed by atoms with van der Waals surface area (Å²) < 4.78 is 27.3. The van der Waals surface area contributed by atoms with Crippen LogP contribution in [-0.4, -0.2) is 14.3 Å². The quantitative estimate of drug-likeness (QED) is 0.493. The molecule has 0 fully saturated rings. The van der Waals surface area contributed by atoms with Gasteiger partial charge in [0.2, 0.25) is 0 Å². The minimum atomic E-state index is -4.04. The second kappa shape index (κ2) is 10.3. The first-order valence-corrected chi connectivity index (χ1v) is 11.3. The summed E-state index contributed by atoms with van der Waals surface area (Å²) in [6.45, 7) is 3.78. The van der Waals surface area contributed by atoms with Gasteiger partial charge in [-0.1, -0.05) is 77.8 Å². The molecule has 0 aliphatic carbocycles. The summed E-state index contributed by atoms with van der Waals surface area (Å²) >= 11 is 0. The lowest BCUT2D eigenvalue weighted by atomic mass is 10.1. The van der Waals surface area contributed by atoms with Gasteiger partial charge in [0.1, 0.15) is 0 Å². The standard InChI is InChI=1S/C27H21NO3S/c1-21-15-19-26(20-16-21)32(30,31)28-27(29)25(18-17-23-10-4-3-5-11-23)14-8-13-24-12-7-6-9-22(24)2/h3-7,9-12,14-16,19-20H,1-2H3,(H,28,29)/b25-14+. The number of hydrogen-bond acceptors (Lipinski definition) is 3. The van der Waals surface area contributed by atoms with E-state index in [1.165, 1.54) is 18.2 Å². The van der Waals surface area contributed by atoms with Gasteiger partial charge in [-0.2, -0.15) is 0 Å². The molecule has 5 heteroatoms. The fourth-order valence-corrected chi connectivity index (χ4v) is 3.64. The zero-order chi connectivity index (χ0) is 23.0. The van der Waals surface area contributed by atoms with E-state index >= 15 is 0 Å². The molecule has 0 unspecified atom stereocenters. The molecule has 32 heavy (non-hydrogen) atoms. The van der Waals surface area contributed by atoms with E-state index in [1.54, 1.807) is 24.3 Å². The molecule has 1 amide bonds. The first kappa shape index (κ1) is 22.6. The molecule has 4 nitrogen and oxygen atoms in total. The maximum Gasteiger partial charge on any atom is 0.274 e. The van der Waals surface area contributed by atoms with Crippen LogP contribution in [0.1, 0.15) is 22.3 Å². The normalized spacial score (nSPS) is 10.9. The summed E-state index contributed by atoms with van der Waals surface area (Å²) in [5, 5.41) is 0. The van der Waals surface area contributed by atoms with Crippen molar-refractivity contribution < 1.29 is 13.2 Å². The number of hydrogen-bond donors (Lipinski definition) is 1. The zero-order valence-corrected chi connectivity index (χ0v) is 18.5. The molecule has 0 atom stereocenters. The Morgan fingerprint density at radius 1 is 0.844 bits per heavy atom. The largest absolute Gasteiger partial charge is 0.274 e. The Labute approximate surface area is 189 Å². The Bertz CT molecular complexity index is 1380.